The van der Waals surface area contributed by atoms with Gasteiger partial charge in [-0.3, -0.25) is 5.10 Å². The van der Waals surface area contributed by atoms with Crippen LogP contribution in [0.25, 0.3) is 11.0 Å². The Morgan fingerprint density at radius 3 is 2.44 bits per heavy atom. The zero-order chi connectivity index (χ0) is 22.3. The van der Waals surface area contributed by atoms with Crippen LogP contribution < -0.4 is 15.5 Å². The van der Waals surface area contributed by atoms with E-state index in [9.17, 15) is 8.42 Å². The van der Waals surface area contributed by atoms with Gasteiger partial charge in [0.1, 0.15) is 11.2 Å². The molecule has 2 aromatic heterocycles. The minimum absolute atomic E-state index is 0.0368. The summed E-state index contributed by atoms with van der Waals surface area (Å²) in [6.45, 7) is 7.52. The van der Waals surface area contributed by atoms with E-state index in [4.69, 9.17) is 0 Å². The first-order valence-corrected chi connectivity index (χ1v) is 12.9. The van der Waals surface area contributed by atoms with Crippen LogP contribution >= 0.6 is 0 Å². The van der Waals surface area contributed by atoms with Crippen molar-refractivity contribution >= 4 is 44.0 Å². The molecule has 170 valence electrons. The molecule has 1 saturated heterocycles. The molecule has 0 spiro atoms. The lowest BCUT2D eigenvalue weighted by molar-refractivity contribution is 0.271. The fraction of sp³-hybridized carbons (Fsp3) is 0.476. The number of rotatable bonds is 7. The number of benzene rings is 1. The van der Waals surface area contributed by atoms with Crippen molar-refractivity contribution in [3.63, 3.8) is 0 Å². The van der Waals surface area contributed by atoms with Crippen LogP contribution in [0.4, 0.5) is 23.1 Å². The van der Waals surface area contributed by atoms with Crippen molar-refractivity contribution < 1.29 is 8.42 Å². The van der Waals surface area contributed by atoms with Crippen LogP contribution in [-0.4, -0.2) is 78.5 Å². The van der Waals surface area contributed by atoms with Crippen molar-refractivity contribution in [1.82, 2.24) is 25.1 Å². The summed E-state index contributed by atoms with van der Waals surface area (Å²) in [7, 11) is -3.48. The lowest BCUT2D eigenvalue weighted by Gasteiger charge is -2.35. The average molecular weight is 457 g/mol. The van der Waals surface area contributed by atoms with Gasteiger partial charge < -0.3 is 20.4 Å². The van der Waals surface area contributed by atoms with Crippen LogP contribution in [0.5, 0.6) is 0 Å². The van der Waals surface area contributed by atoms with Crippen molar-refractivity contribution in [3.8, 4) is 0 Å². The second kappa shape index (κ2) is 8.21. The normalized spacial score (nSPS) is 17.6. The molecule has 0 atom stereocenters. The van der Waals surface area contributed by atoms with E-state index in [2.05, 4.69) is 59.7 Å². The standard InChI is InChI=1S/C21H28N8O2S/c1-3-28-10-12-29(13-11-28)16-8-6-15(7-9-16)23-21-24-18(22-14-4-5-14)17-19(25-21)26-27-20(17)32(2,30)31/h6-9,14H,3-5,10-13H2,1-2H3,(H3,22,23,24,25,26,27). The molecule has 1 aliphatic heterocycles. The highest BCUT2D eigenvalue weighted by Crippen LogP contribution is 2.32. The third-order valence-corrected chi connectivity index (χ3v) is 7.01. The maximum absolute atomic E-state index is 12.2. The average Bonchev–Trinajstić information content (AvgIpc) is 3.48. The fourth-order valence-corrected chi connectivity index (χ4v) is 4.73. The highest BCUT2D eigenvalue weighted by atomic mass is 32.2. The topological polar surface area (TPSA) is 119 Å². The predicted molar refractivity (Wildman–Crippen MR) is 125 cm³/mol. The zero-order valence-corrected chi connectivity index (χ0v) is 19.1. The largest absolute Gasteiger partial charge is 0.369 e. The lowest BCUT2D eigenvalue weighted by atomic mass is 10.2. The number of likely N-dealkylation sites (N-methyl/N-ethyl adjacent to an activating group) is 1. The number of aromatic amines is 1. The quantitative estimate of drug-likeness (QED) is 0.491. The number of fused-ring (bicyclic) bond motifs is 1. The summed E-state index contributed by atoms with van der Waals surface area (Å²) in [5.41, 5.74) is 2.37. The molecule has 1 saturated carbocycles. The van der Waals surface area contributed by atoms with Crippen LogP contribution in [0.3, 0.4) is 0 Å². The number of aromatic nitrogens is 4. The van der Waals surface area contributed by atoms with Gasteiger partial charge in [-0.05, 0) is 43.7 Å². The van der Waals surface area contributed by atoms with Gasteiger partial charge in [-0.15, -0.1) is 0 Å². The molecule has 2 fully saturated rings. The smallest absolute Gasteiger partial charge is 0.231 e. The molecule has 10 nitrogen and oxygen atoms in total. The SMILES string of the molecule is CCN1CCN(c2ccc(Nc3nc(NC4CC4)c4c(S(C)(=O)=O)[nH]nc4n3)cc2)CC1. The minimum atomic E-state index is -3.48. The van der Waals surface area contributed by atoms with E-state index in [1.807, 2.05) is 12.1 Å². The van der Waals surface area contributed by atoms with Gasteiger partial charge >= 0.3 is 0 Å². The summed E-state index contributed by atoms with van der Waals surface area (Å²) in [6.07, 6.45) is 3.22. The van der Waals surface area contributed by atoms with Gasteiger partial charge in [-0.25, -0.2) is 8.42 Å². The Morgan fingerprint density at radius 2 is 1.81 bits per heavy atom. The van der Waals surface area contributed by atoms with Crippen molar-refractivity contribution in [2.75, 3.05) is 54.5 Å². The minimum Gasteiger partial charge on any atom is -0.369 e. The number of piperazine rings is 1. The van der Waals surface area contributed by atoms with Crippen LogP contribution in [0.1, 0.15) is 19.8 Å². The van der Waals surface area contributed by atoms with E-state index < -0.39 is 9.84 Å². The highest BCUT2D eigenvalue weighted by molar-refractivity contribution is 7.90. The molecule has 0 bridgehead atoms. The van der Waals surface area contributed by atoms with E-state index in [1.54, 1.807) is 0 Å². The summed E-state index contributed by atoms with van der Waals surface area (Å²) in [6, 6.07) is 8.52. The molecular weight excluding hydrogens is 428 g/mol. The second-order valence-electron chi connectivity index (χ2n) is 8.43. The maximum Gasteiger partial charge on any atom is 0.231 e. The van der Waals surface area contributed by atoms with Crippen molar-refractivity contribution in [3.05, 3.63) is 24.3 Å². The van der Waals surface area contributed by atoms with E-state index in [1.165, 1.54) is 5.69 Å². The van der Waals surface area contributed by atoms with Crippen LogP contribution in [0.15, 0.2) is 29.3 Å². The number of anilines is 4. The van der Waals surface area contributed by atoms with Gasteiger partial charge in [0.25, 0.3) is 0 Å². The molecule has 32 heavy (non-hydrogen) atoms. The Kier molecular flexibility index (Phi) is 5.38. The molecule has 5 rings (SSSR count). The van der Waals surface area contributed by atoms with Gasteiger partial charge in [-0.2, -0.15) is 15.1 Å². The predicted octanol–water partition coefficient (Wildman–Crippen LogP) is 2.22. The van der Waals surface area contributed by atoms with E-state index in [0.29, 0.717) is 28.8 Å². The number of H-pyrrole nitrogens is 1. The number of sulfone groups is 1. The van der Waals surface area contributed by atoms with Gasteiger partial charge in [0, 0.05) is 49.9 Å². The molecule has 0 radical (unpaired) electrons. The molecule has 0 amide bonds. The lowest BCUT2D eigenvalue weighted by Crippen LogP contribution is -2.46. The summed E-state index contributed by atoms with van der Waals surface area (Å²) in [5, 5.41) is 13.7. The zero-order valence-electron chi connectivity index (χ0n) is 18.3. The molecule has 1 aromatic carbocycles. The summed E-state index contributed by atoms with van der Waals surface area (Å²) < 4.78 is 24.3. The van der Waals surface area contributed by atoms with Gasteiger partial charge in [0.2, 0.25) is 5.95 Å². The molecule has 2 aliphatic rings. The summed E-state index contributed by atoms with van der Waals surface area (Å²) >= 11 is 0. The van der Waals surface area contributed by atoms with Gasteiger partial charge in [-0.1, -0.05) is 6.92 Å². The van der Waals surface area contributed by atoms with Gasteiger partial charge in [0.15, 0.2) is 20.5 Å². The van der Waals surface area contributed by atoms with Crippen LogP contribution in [0, 0.1) is 0 Å². The molecule has 1 aliphatic carbocycles. The van der Waals surface area contributed by atoms with Crippen LogP contribution in [0.2, 0.25) is 0 Å². The Morgan fingerprint density at radius 1 is 1.09 bits per heavy atom. The molecule has 3 aromatic rings. The highest BCUT2D eigenvalue weighted by Gasteiger charge is 2.27. The number of nitrogens with one attached hydrogen (secondary N) is 3. The van der Waals surface area contributed by atoms with E-state index in [-0.39, 0.29) is 5.03 Å². The Labute approximate surface area is 187 Å². The number of hydrogen-bond acceptors (Lipinski definition) is 9. The second-order valence-corrected chi connectivity index (χ2v) is 10.4. The third kappa shape index (κ3) is 4.35. The van der Waals surface area contributed by atoms with Crippen molar-refractivity contribution in [2.24, 2.45) is 0 Å². The van der Waals surface area contributed by atoms with Crippen LogP contribution in [-0.2, 0) is 9.84 Å². The Balaban J connectivity index is 1.38. The number of hydrogen-bond donors (Lipinski definition) is 3. The molecular formula is C21H28N8O2S. The van der Waals surface area contributed by atoms with Gasteiger partial charge in [0.05, 0.1) is 0 Å². The monoisotopic (exact) mass is 456 g/mol. The first-order valence-electron chi connectivity index (χ1n) is 11.0. The molecule has 3 N–H and O–H groups in total. The van der Waals surface area contributed by atoms with E-state index >= 15 is 0 Å². The number of nitrogens with zero attached hydrogens (tertiary/aromatic N) is 5. The Hall–Kier alpha value is -2.92. The molecule has 0 unspecified atom stereocenters. The Bertz CT molecular complexity index is 1210. The first kappa shape index (κ1) is 21.0. The molecule has 11 heteroatoms. The maximum atomic E-state index is 12.2. The summed E-state index contributed by atoms with van der Waals surface area (Å²) in [5.74, 6) is 0.858. The summed E-state index contributed by atoms with van der Waals surface area (Å²) in [4.78, 5) is 13.9. The third-order valence-electron chi connectivity index (χ3n) is 5.98. The molecule has 3 heterocycles. The van der Waals surface area contributed by atoms with Crippen molar-refractivity contribution in [1.29, 1.82) is 0 Å². The van der Waals surface area contributed by atoms with Crippen molar-refractivity contribution in [2.45, 2.75) is 30.8 Å². The van der Waals surface area contributed by atoms with E-state index in [0.717, 1.165) is 57.5 Å². The first-order chi connectivity index (χ1) is 15.4. The fourth-order valence-electron chi connectivity index (χ4n) is 3.96.